The van der Waals surface area contributed by atoms with E-state index >= 15 is 0 Å². The van der Waals surface area contributed by atoms with Gasteiger partial charge in [-0.15, -0.1) is 0 Å². The Morgan fingerprint density at radius 1 is 1.16 bits per heavy atom. The van der Waals surface area contributed by atoms with Gasteiger partial charge in [-0.3, -0.25) is 0 Å². The van der Waals surface area contributed by atoms with Gasteiger partial charge in [-0.05, 0) is 43.7 Å². The lowest BCUT2D eigenvalue weighted by Crippen LogP contribution is -2.16. The molecule has 0 spiro atoms. The van der Waals surface area contributed by atoms with E-state index in [4.69, 9.17) is 4.74 Å². The van der Waals surface area contributed by atoms with E-state index in [1.165, 1.54) is 5.56 Å². The Bertz CT molecular complexity index is 465. The van der Waals surface area contributed by atoms with Gasteiger partial charge in [-0.25, -0.2) is 0 Å². The minimum absolute atomic E-state index is 0.757. The van der Waals surface area contributed by atoms with Gasteiger partial charge in [-0.1, -0.05) is 18.2 Å². The molecule has 2 rings (SSSR count). The van der Waals surface area contributed by atoms with Crippen molar-refractivity contribution < 1.29 is 4.74 Å². The molecule has 102 valence electrons. The number of nitrogens with one attached hydrogen (secondary N) is 1. The molecule has 1 aromatic carbocycles. The third-order valence-electron chi connectivity index (χ3n) is 3.02. The minimum Gasteiger partial charge on any atom is -0.494 e. The molecule has 3 nitrogen and oxygen atoms in total. The molecule has 1 N–H and O–H groups in total. The van der Waals surface area contributed by atoms with E-state index in [-0.39, 0.29) is 0 Å². The van der Waals surface area contributed by atoms with Crippen molar-refractivity contribution in [2.24, 2.45) is 0 Å². The van der Waals surface area contributed by atoms with Gasteiger partial charge in [0.1, 0.15) is 5.75 Å². The Labute approximate surface area is 115 Å². The highest BCUT2D eigenvalue weighted by molar-refractivity contribution is 5.20. The zero-order valence-corrected chi connectivity index (χ0v) is 11.5. The van der Waals surface area contributed by atoms with Crippen molar-refractivity contribution in [3.05, 3.63) is 54.4 Å². The van der Waals surface area contributed by atoms with Gasteiger partial charge in [0.25, 0.3) is 0 Å². The number of benzene rings is 1. The highest BCUT2D eigenvalue weighted by atomic mass is 16.5. The summed E-state index contributed by atoms with van der Waals surface area (Å²) < 4.78 is 7.83. The molecule has 0 aliphatic heterocycles. The average molecular weight is 258 g/mol. The van der Waals surface area contributed by atoms with Crippen LogP contribution in [-0.4, -0.2) is 17.7 Å². The van der Waals surface area contributed by atoms with Crippen LogP contribution in [0.2, 0.25) is 0 Å². The second-order valence-electron chi connectivity index (χ2n) is 4.54. The molecule has 0 saturated carbocycles. The summed E-state index contributed by atoms with van der Waals surface area (Å²) in [5.41, 5.74) is 1.34. The van der Waals surface area contributed by atoms with Crippen molar-refractivity contribution in [1.82, 2.24) is 9.88 Å². The van der Waals surface area contributed by atoms with E-state index < -0.39 is 0 Å². The first-order chi connectivity index (χ1) is 9.38. The van der Waals surface area contributed by atoms with Crippen LogP contribution >= 0.6 is 0 Å². The maximum absolute atomic E-state index is 5.64. The summed E-state index contributed by atoms with van der Waals surface area (Å²) in [5.74, 6) is 0.947. The third-order valence-corrected chi connectivity index (χ3v) is 3.02. The summed E-state index contributed by atoms with van der Waals surface area (Å²) in [5, 5.41) is 3.43. The van der Waals surface area contributed by atoms with Gasteiger partial charge in [0, 0.05) is 25.5 Å². The lowest BCUT2D eigenvalue weighted by Gasteiger charge is -2.06. The molecule has 2 aromatic rings. The Hall–Kier alpha value is -1.74. The fourth-order valence-corrected chi connectivity index (χ4v) is 1.93. The summed E-state index contributed by atoms with van der Waals surface area (Å²) in [6.07, 6.45) is 5.33. The van der Waals surface area contributed by atoms with Gasteiger partial charge >= 0.3 is 0 Å². The van der Waals surface area contributed by atoms with Gasteiger partial charge in [0.15, 0.2) is 0 Å². The first kappa shape index (κ1) is 13.7. The average Bonchev–Trinajstić information content (AvgIpc) is 2.92. The molecule has 19 heavy (non-hydrogen) atoms. The van der Waals surface area contributed by atoms with Crippen LogP contribution in [-0.2, 0) is 13.1 Å². The molecular formula is C16H22N2O. The van der Waals surface area contributed by atoms with Crippen LogP contribution < -0.4 is 10.1 Å². The lowest BCUT2D eigenvalue weighted by atomic mass is 10.3. The van der Waals surface area contributed by atoms with Gasteiger partial charge in [-0.2, -0.15) is 0 Å². The number of hydrogen-bond acceptors (Lipinski definition) is 2. The van der Waals surface area contributed by atoms with E-state index in [1.54, 1.807) is 0 Å². The molecule has 0 aliphatic carbocycles. The number of para-hydroxylation sites is 1. The quantitative estimate of drug-likeness (QED) is 0.736. The van der Waals surface area contributed by atoms with Crippen molar-refractivity contribution in [3.63, 3.8) is 0 Å². The van der Waals surface area contributed by atoms with Crippen molar-refractivity contribution in [2.45, 2.75) is 26.4 Å². The number of ether oxygens (including phenoxy) is 1. The normalized spacial score (nSPS) is 10.6. The summed E-state index contributed by atoms with van der Waals surface area (Å²) in [7, 11) is 0. The van der Waals surface area contributed by atoms with Crippen molar-refractivity contribution in [2.75, 3.05) is 13.2 Å². The fourth-order valence-electron chi connectivity index (χ4n) is 1.93. The number of hydrogen-bond donors (Lipinski definition) is 1. The van der Waals surface area contributed by atoms with Crippen LogP contribution in [0.4, 0.5) is 0 Å². The third kappa shape index (κ3) is 4.79. The maximum atomic E-state index is 5.64. The fraction of sp³-hybridized carbons (Fsp3) is 0.375. The van der Waals surface area contributed by atoms with E-state index in [0.29, 0.717) is 0 Å². The molecule has 0 bridgehead atoms. The van der Waals surface area contributed by atoms with Crippen LogP contribution in [0.25, 0.3) is 0 Å². The van der Waals surface area contributed by atoms with E-state index in [1.807, 2.05) is 30.3 Å². The van der Waals surface area contributed by atoms with Crippen molar-refractivity contribution in [1.29, 1.82) is 0 Å². The van der Waals surface area contributed by atoms with E-state index in [0.717, 1.165) is 38.4 Å². The molecule has 0 atom stereocenters. The monoisotopic (exact) mass is 258 g/mol. The molecule has 0 unspecified atom stereocenters. The summed E-state index contributed by atoms with van der Waals surface area (Å²) in [6, 6.07) is 12.1. The molecule has 0 radical (unpaired) electrons. The molecule has 3 heteroatoms. The summed E-state index contributed by atoms with van der Waals surface area (Å²) in [4.78, 5) is 0. The Morgan fingerprint density at radius 3 is 2.74 bits per heavy atom. The van der Waals surface area contributed by atoms with Crippen LogP contribution in [0.3, 0.4) is 0 Å². The number of rotatable bonds is 8. The molecule has 0 amide bonds. The highest BCUT2D eigenvalue weighted by Crippen LogP contribution is 2.08. The Balaban J connectivity index is 1.55. The van der Waals surface area contributed by atoms with Crippen molar-refractivity contribution >= 4 is 0 Å². The van der Waals surface area contributed by atoms with E-state index in [9.17, 15) is 0 Å². The van der Waals surface area contributed by atoms with Gasteiger partial charge < -0.3 is 14.6 Å². The zero-order valence-electron chi connectivity index (χ0n) is 11.5. The standard InChI is InChI=1S/C16H22N2O/c1-2-18-11-9-15(14-18)13-17-10-6-12-19-16-7-4-3-5-8-16/h3-5,7-9,11,14,17H,2,6,10,12-13H2,1H3. The first-order valence-corrected chi connectivity index (χ1v) is 6.91. The van der Waals surface area contributed by atoms with E-state index in [2.05, 4.69) is 35.3 Å². The molecule has 0 aliphatic rings. The second kappa shape index (κ2) is 7.64. The Morgan fingerprint density at radius 2 is 2.00 bits per heavy atom. The first-order valence-electron chi connectivity index (χ1n) is 6.91. The van der Waals surface area contributed by atoms with Crippen LogP contribution in [0, 0.1) is 0 Å². The number of aryl methyl sites for hydroxylation is 1. The largest absolute Gasteiger partial charge is 0.494 e. The SMILES string of the molecule is CCn1ccc(CNCCCOc2ccccc2)c1. The molecule has 1 aromatic heterocycles. The van der Waals surface area contributed by atoms with Gasteiger partial charge in [0.05, 0.1) is 6.61 Å². The van der Waals surface area contributed by atoms with Crippen LogP contribution in [0.15, 0.2) is 48.8 Å². The number of nitrogens with zero attached hydrogens (tertiary/aromatic N) is 1. The lowest BCUT2D eigenvalue weighted by molar-refractivity contribution is 0.308. The second-order valence-corrected chi connectivity index (χ2v) is 4.54. The summed E-state index contributed by atoms with van der Waals surface area (Å²) >= 11 is 0. The topological polar surface area (TPSA) is 26.2 Å². The smallest absolute Gasteiger partial charge is 0.119 e. The molecule has 1 heterocycles. The van der Waals surface area contributed by atoms with Crippen molar-refractivity contribution in [3.8, 4) is 5.75 Å². The predicted octanol–water partition coefficient (Wildman–Crippen LogP) is 3.07. The van der Waals surface area contributed by atoms with Crippen LogP contribution in [0.1, 0.15) is 18.9 Å². The predicted molar refractivity (Wildman–Crippen MR) is 78.4 cm³/mol. The number of aromatic nitrogens is 1. The summed E-state index contributed by atoms with van der Waals surface area (Å²) in [6.45, 7) is 5.85. The minimum atomic E-state index is 0.757. The Kier molecular flexibility index (Phi) is 5.50. The van der Waals surface area contributed by atoms with Crippen LogP contribution in [0.5, 0.6) is 5.75 Å². The molecular weight excluding hydrogens is 236 g/mol. The highest BCUT2D eigenvalue weighted by Gasteiger charge is 1.96. The molecule has 0 saturated heterocycles. The zero-order chi connectivity index (χ0) is 13.3. The molecule has 0 fully saturated rings. The maximum Gasteiger partial charge on any atom is 0.119 e. The van der Waals surface area contributed by atoms with Gasteiger partial charge in [0.2, 0.25) is 0 Å².